The average molecular weight is 372 g/mol. The van der Waals surface area contributed by atoms with Crippen LogP contribution in [-0.2, 0) is 11.2 Å². The lowest BCUT2D eigenvalue weighted by atomic mass is 10.0. The second kappa shape index (κ2) is 9.30. The molecule has 0 saturated carbocycles. The van der Waals surface area contributed by atoms with Crippen molar-refractivity contribution in [2.24, 2.45) is 4.99 Å². The smallest absolute Gasteiger partial charge is 0.390 e. The fraction of sp³-hybridized carbons (Fsp3) is 0.529. The predicted octanol–water partition coefficient (Wildman–Crippen LogP) is 2.46. The molecule has 2 rings (SSSR count). The van der Waals surface area contributed by atoms with Crippen molar-refractivity contribution in [3.05, 3.63) is 23.8 Å². The van der Waals surface area contributed by atoms with Crippen molar-refractivity contribution in [3.63, 3.8) is 0 Å². The van der Waals surface area contributed by atoms with Crippen molar-refractivity contribution in [2.45, 2.75) is 32.4 Å². The van der Waals surface area contributed by atoms with Crippen LogP contribution in [0.15, 0.2) is 23.2 Å². The third kappa shape index (κ3) is 6.81. The Morgan fingerprint density at radius 2 is 2.12 bits per heavy atom. The van der Waals surface area contributed by atoms with Gasteiger partial charge in [0.15, 0.2) is 5.96 Å². The summed E-state index contributed by atoms with van der Waals surface area (Å²) in [7, 11) is 0. The molecule has 1 aromatic rings. The van der Waals surface area contributed by atoms with Gasteiger partial charge in [-0.3, -0.25) is 9.79 Å². The molecule has 0 unspecified atom stereocenters. The van der Waals surface area contributed by atoms with Gasteiger partial charge >= 0.3 is 6.18 Å². The maximum Gasteiger partial charge on any atom is 0.390 e. The van der Waals surface area contributed by atoms with Gasteiger partial charge in [0, 0.05) is 18.7 Å². The molecule has 144 valence electrons. The number of aliphatic imine (C=N–C) groups is 1. The second-order valence-electron chi connectivity index (χ2n) is 5.77. The molecule has 9 heteroatoms. The van der Waals surface area contributed by atoms with E-state index in [2.05, 4.69) is 20.9 Å². The largest absolute Gasteiger partial charge is 0.492 e. The predicted molar refractivity (Wildman–Crippen MR) is 93.5 cm³/mol. The van der Waals surface area contributed by atoms with Crippen LogP contribution in [-0.4, -0.2) is 44.3 Å². The van der Waals surface area contributed by atoms with Crippen LogP contribution < -0.4 is 20.7 Å². The van der Waals surface area contributed by atoms with Crippen LogP contribution in [0.3, 0.4) is 0 Å². The highest BCUT2D eigenvalue weighted by Crippen LogP contribution is 2.26. The molecule has 3 N–H and O–H groups in total. The standard InChI is InChI=1S/C17H23F3N4O2/c1-2-21-16(22-8-7-17(18,19)20)23-9-10-26-13-4-5-14-12(11-13)3-6-15(25)24-14/h4-5,11H,2-3,6-10H2,1H3,(H,24,25)(H2,21,22,23). The molecule has 6 nitrogen and oxygen atoms in total. The molecule has 0 atom stereocenters. The Labute approximate surface area is 150 Å². The van der Waals surface area contributed by atoms with E-state index in [1.165, 1.54) is 0 Å². The zero-order valence-corrected chi connectivity index (χ0v) is 14.6. The molecule has 0 bridgehead atoms. The number of benzene rings is 1. The van der Waals surface area contributed by atoms with Gasteiger partial charge in [0.1, 0.15) is 12.4 Å². The van der Waals surface area contributed by atoms with E-state index >= 15 is 0 Å². The first-order chi connectivity index (χ1) is 12.4. The van der Waals surface area contributed by atoms with E-state index in [0.717, 1.165) is 11.3 Å². The topological polar surface area (TPSA) is 74.8 Å². The number of guanidine groups is 1. The van der Waals surface area contributed by atoms with Crippen molar-refractivity contribution in [1.82, 2.24) is 10.6 Å². The summed E-state index contributed by atoms with van der Waals surface area (Å²) in [5, 5.41) is 8.63. The third-order valence-electron chi connectivity index (χ3n) is 3.64. The Balaban J connectivity index is 1.77. The van der Waals surface area contributed by atoms with Gasteiger partial charge < -0.3 is 20.7 Å². The highest BCUT2D eigenvalue weighted by atomic mass is 19.4. The van der Waals surface area contributed by atoms with Crippen LogP contribution >= 0.6 is 0 Å². The van der Waals surface area contributed by atoms with E-state index in [4.69, 9.17) is 4.74 Å². The molecule has 0 aliphatic carbocycles. The molecular weight excluding hydrogens is 349 g/mol. The van der Waals surface area contributed by atoms with Gasteiger partial charge in [0.05, 0.1) is 19.5 Å². The highest BCUT2D eigenvalue weighted by molar-refractivity contribution is 5.94. The fourth-order valence-corrected chi connectivity index (χ4v) is 2.42. The van der Waals surface area contributed by atoms with Crippen LogP contribution in [0.2, 0.25) is 0 Å². The summed E-state index contributed by atoms with van der Waals surface area (Å²) in [6.07, 6.45) is -4.03. The third-order valence-corrected chi connectivity index (χ3v) is 3.64. The van der Waals surface area contributed by atoms with Gasteiger partial charge in [-0.05, 0) is 37.1 Å². The van der Waals surface area contributed by atoms with Gasteiger partial charge in [-0.2, -0.15) is 13.2 Å². The number of fused-ring (bicyclic) bond motifs is 1. The summed E-state index contributed by atoms with van der Waals surface area (Å²) in [6, 6.07) is 5.46. The normalized spacial score (nSPS) is 14.5. The highest BCUT2D eigenvalue weighted by Gasteiger charge is 2.26. The van der Waals surface area contributed by atoms with Crippen LogP contribution in [0.5, 0.6) is 5.75 Å². The van der Waals surface area contributed by atoms with Gasteiger partial charge in [0.2, 0.25) is 5.91 Å². The second-order valence-corrected chi connectivity index (χ2v) is 5.77. The first-order valence-corrected chi connectivity index (χ1v) is 8.52. The summed E-state index contributed by atoms with van der Waals surface area (Å²) < 4.78 is 42.2. The fourth-order valence-electron chi connectivity index (χ4n) is 2.42. The maximum absolute atomic E-state index is 12.2. The molecule has 26 heavy (non-hydrogen) atoms. The molecule has 0 fully saturated rings. The summed E-state index contributed by atoms with van der Waals surface area (Å²) >= 11 is 0. The molecule has 0 aromatic heterocycles. The van der Waals surface area contributed by atoms with Crippen molar-refractivity contribution in [1.29, 1.82) is 0 Å². The Bertz CT molecular complexity index is 647. The first-order valence-electron chi connectivity index (χ1n) is 8.52. The summed E-state index contributed by atoms with van der Waals surface area (Å²) in [6.45, 7) is 2.79. The molecule has 1 amide bonds. The van der Waals surface area contributed by atoms with Crippen molar-refractivity contribution >= 4 is 17.6 Å². The maximum atomic E-state index is 12.2. The number of hydrogen-bond donors (Lipinski definition) is 3. The number of hydrogen-bond acceptors (Lipinski definition) is 3. The molecule has 1 aliphatic heterocycles. The van der Waals surface area contributed by atoms with Crippen LogP contribution in [0.1, 0.15) is 25.3 Å². The minimum atomic E-state index is -4.21. The minimum absolute atomic E-state index is 0.0103. The number of alkyl halides is 3. The molecule has 1 aromatic carbocycles. The monoisotopic (exact) mass is 372 g/mol. The van der Waals surface area contributed by atoms with E-state index in [1.807, 2.05) is 13.0 Å². The molecular formula is C17H23F3N4O2. The molecule has 0 spiro atoms. The zero-order valence-electron chi connectivity index (χ0n) is 14.6. The minimum Gasteiger partial charge on any atom is -0.492 e. The van der Waals surface area contributed by atoms with E-state index in [0.29, 0.717) is 44.2 Å². The van der Waals surface area contributed by atoms with E-state index in [9.17, 15) is 18.0 Å². The summed E-state index contributed by atoms with van der Waals surface area (Å²) in [4.78, 5) is 15.2. The number of ether oxygens (including phenoxy) is 1. The quantitative estimate of drug-likeness (QED) is 0.391. The zero-order chi connectivity index (χ0) is 19.0. The number of halogens is 3. The van der Waals surface area contributed by atoms with E-state index in [-0.39, 0.29) is 12.5 Å². The number of nitrogens with zero attached hydrogens (tertiary/aromatic N) is 1. The lowest BCUT2D eigenvalue weighted by Crippen LogP contribution is -2.39. The van der Waals surface area contributed by atoms with Gasteiger partial charge in [-0.25, -0.2) is 0 Å². The Kier molecular flexibility index (Phi) is 7.11. The Morgan fingerprint density at radius 1 is 1.31 bits per heavy atom. The van der Waals surface area contributed by atoms with Gasteiger partial charge in [-0.1, -0.05) is 0 Å². The van der Waals surface area contributed by atoms with Gasteiger partial charge in [0.25, 0.3) is 0 Å². The van der Waals surface area contributed by atoms with Crippen molar-refractivity contribution < 1.29 is 22.7 Å². The number of amides is 1. The average Bonchev–Trinajstić information content (AvgIpc) is 2.57. The van der Waals surface area contributed by atoms with Crippen molar-refractivity contribution in [3.8, 4) is 5.75 Å². The summed E-state index contributed by atoms with van der Waals surface area (Å²) in [5.74, 6) is 1.02. The molecule has 0 saturated heterocycles. The number of rotatable bonds is 7. The summed E-state index contributed by atoms with van der Waals surface area (Å²) in [5.41, 5.74) is 1.83. The SMILES string of the molecule is CCNC(=NCCC(F)(F)F)NCCOc1ccc2c(c1)CCC(=O)N2. The Morgan fingerprint density at radius 3 is 2.85 bits per heavy atom. The number of aryl methyl sites for hydroxylation is 1. The number of carbonyl (C=O) groups is 1. The first kappa shape index (κ1) is 19.9. The Hall–Kier alpha value is -2.45. The van der Waals surface area contributed by atoms with Crippen molar-refractivity contribution in [2.75, 3.05) is 31.6 Å². The number of carbonyl (C=O) groups excluding carboxylic acids is 1. The lowest BCUT2D eigenvalue weighted by Gasteiger charge is -2.18. The lowest BCUT2D eigenvalue weighted by molar-refractivity contribution is -0.132. The molecule has 1 heterocycles. The number of nitrogens with one attached hydrogen (secondary N) is 3. The number of anilines is 1. The van der Waals surface area contributed by atoms with Crippen LogP contribution in [0, 0.1) is 0 Å². The van der Waals surface area contributed by atoms with Gasteiger partial charge in [-0.15, -0.1) is 0 Å². The molecule has 0 radical (unpaired) electrons. The molecule has 1 aliphatic rings. The van der Waals surface area contributed by atoms with E-state index < -0.39 is 12.6 Å². The van der Waals surface area contributed by atoms with Crippen LogP contribution in [0.25, 0.3) is 0 Å². The van der Waals surface area contributed by atoms with E-state index in [1.54, 1.807) is 12.1 Å². The van der Waals surface area contributed by atoms with Crippen LogP contribution in [0.4, 0.5) is 18.9 Å².